The van der Waals surface area contributed by atoms with Crippen molar-refractivity contribution in [2.45, 2.75) is 58.4 Å². The summed E-state index contributed by atoms with van der Waals surface area (Å²) in [6.45, 7) is 4.50. The number of benzene rings is 1. The highest BCUT2D eigenvalue weighted by molar-refractivity contribution is 5.95. The molecule has 2 aliphatic heterocycles. The van der Waals surface area contributed by atoms with Gasteiger partial charge in [-0.15, -0.1) is 0 Å². The smallest absolute Gasteiger partial charge is 0.242 e. The highest BCUT2D eigenvalue weighted by Crippen LogP contribution is 2.34. The van der Waals surface area contributed by atoms with Gasteiger partial charge in [0.25, 0.3) is 0 Å². The average Bonchev–Trinajstić information content (AvgIpc) is 2.82. The summed E-state index contributed by atoms with van der Waals surface area (Å²) in [6.07, 6.45) is 4.49. The van der Waals surface area contributed by atoms with Crippen molar-refractivity contribution < 1.29 is 14.4 Å². The Morgan fingerprint density at radius 2 is 1.91 bits per heavy atom. The third kappa shape index (κ3) is 5.21. The van der Waals surface area contributed by atoms with Gasteiger partial charge in [0.15, 0.2) is 5.82 Å². The van der Waals surface area contributed by atoms with Crippen molar-refractivity contribution in [1.29, 1.82) is 0 Å². The molecule has 0 bridgehead atoms. The molecule has 3 heterocycles. The Bertz CT molecular complexity index is 1040. The molecule has 0 unspecified atom stereocenters. The number of carbonyl (C=O) groups excluding carboxylic acids is 3. The van der Waals surface area contributed by atoms with Gasteiger partial charge in [-0.1, -0.05) is 30.3 Å². The van der Waals surface area contributed by atoms with Crippen molar-refractivity contribution in [2.24, 2.45) is 0 Å². The second-order valence-electron chi connectivity index (χ2n) is 8.76. The third-order valence-electron chi connectivity index (χ3n) is 6.43. The molecule has 0 spiro atoms. The molecule has 3 amide bonds. The van der Waals surface area contributed by atoms with Crippen molar-refractivity contribution in [2.75, 3.05) is 24.5 Å². The number of rotatable bonds is 6. The molecule has 1 aromatic heterocycles. The molecule has 0 aliphatic carbocycles. The maximum atomic E-state index is 12.9. The molecule has 1 fully saturated rings. The van der Waals surface area contributed by atoms with Gasteiger partial charge < -0.3 is 10.2 Å². The van der Waals surface area contributed by atoms with E-state index in [4.69, 9.17) is 9.97 Å². The Kier molecular flexibility index (Phi) is 7.01. The predicted molar refractivity (Wildman–Crippen MR) is 125 cm³/mol. The molecule has 4 rings (SSSR count). The Morgan fingerprint density at radius 3 is 2.67 bits per heavy atom. The minimum absolute atomic E-state index is 0.0303. The molecule has 1 aromatic carbocycles. The zero-order chi connectivity index (χ0) is 23.4. The Morgan fingerprint density at radius 1 is 1.12 bits per heavy atom. The van der Waals surface area contributed by atoms with E-state index in [0.29, 0.717) is 37.6 Å². The second-order valence-corrected chi connectivity index (χ2v) is 8.76. The molecule has 1 saturated heterocycles. The zero-order valence-electron chi connectivity index (χ0n) is 19.3. The van der Waals surface area contributed by atoms with Crippen LogP contribution in [0.15, 0.2) is 30.3 Å². The number of anilines is 1. The van der Waals surface area contributed by atoms with Crippen LogP contribution in [0.3, 0.4) is 0 Å². The third-order valence-corrected chi connectivity index (χ3v) is 6.43. The van der Waals surface area contributed by atoms with Crippen LogP contribution in [0.1, 0.15) is 61.3 Å². The molecule has 8 heteroatoms. The van der Waals surface area contributed by atoms with Gasteiger partial charge in [-0.3, -0.25) is 19.3 Å². The first kappa shape index (κ1) is 22.9. The average molecular weight is 450 g/mol. The Hall–Kier alpha value is -3.29. The van der Waals surface area contributed by atoms with Crippen molar-refractivity contribution in [3.05, 3.63) is 53.0 Å². The SMILES string of the molecule is CC(=O)NCC(=O)N1CCCC[C@@H]1c1nc(C)c2c(n1)N(CCc1ccccc1)C(=O)CC2. The number of amides is 3. The highest BCUT2D eigenvalue weighted by atomic mass is 16.2. The van der Waals surface area contributed by atoms with E-state index in [9.17, 15) is 14.4 Å². The fraction of sp³-hybridized carbons (Fsp3) is 0.480. The number of piperidine rings is 1. The topological polar surface area (TPSA) is 95.5 Å². The number of hydrogen-bond acceptors (Lipinski definition) is 5. The zero-order valence-corrected chi connectivity index (χ0v) is 19.3. The highest BCUT2D eigenvalue weighted by Gasteiger charge is 2.33. The summed E-state index contributed by atoms with van der Waals surface area (Å²) in [6, 6.07) is 9.86. The number of fused-ring (bicyclic) bond motifs is 1. The van der Waals surface area contributed by atoms with Crippen molar-refractivity contribution in [1.82, 2.24) is 20.2 Å². The molecular formula is C25H31N5O3. The summed E-state index contributed by atoms with van der Waals surface area (Å²) in [5.41, 5.74) is 3.05. The van der Waals surface area contributed by atoms with E-state index in [0.717, 1.165) is 36.9 Å². The van der Waals surface area contributed by atoms with E-state index in [2.05, 4.69) is 17.4 Å². The molecule has 1 atom stereocenters. The van der Waals surface area contributed by atoms with Crippen molar-refractivity contribution in [3.8, 4) is 0 Å². The lowest BCUT2D eigenvalue weighted by molar-refractivity contribution is -0.136. The standard InChI is InChI=1S/C25H31N5O3/c1-17-20-11-12-22(32)30(15-13-19-8-4-3-5-9-19)25(20)28-24(27-17)21-10-6-7-14-29(21)23(33)16-26-18(2)31/h3-5,8-9,21H,6-7,10-16H2,1-2H3,(H,26,31)/t21-/m1/s1. The number of nitrogens with one attached hydrogen (secondary N) is 1. The summed E-state index contributed by atoms with van der Waals surface area (Å²) >= 11 is 0. The first-order valence-electron chi connectivity index (χ1n) is 11.7. The number of nitrogens with zero attached hydrogens (tertiary/aromatic N) is 4. The first-order chi connectivity index (χ1) is 15.9. The summed E-state index contributed by atoms with van der Waals surface area (Å²) in [5.74, 6) is 0.979. The summed E-state index contributed by atoms with van der Waals surface area (Å²) < 4.78 is 0. The van der Waals surface area contributed by atoms with Gasteiger partial charge in [-0.25, -0.2) is 9.97 Å². The monoisotopic (exact) mass is 449 g/mol. The van der Waals surface area contributed by atoms with Gasteiger partial charge in [-0.2, -0.15) is 0 Å². The molecule has 8 nitrogen and oxygen atoms in total. The number of aromatic nitrogens is 2. The largest absolute Gasteiger partial charge is 0.347 e. The van der Waals surface area contributed by atoms with Crippen LogP contribution in [-0.4, -0.2) is 52.2 Å². The molecule has 174 valence electrons. The summed E-state index contributed by atoms with van der Waals surface area (Å²) in [5, 5.41) is 2.60. The molecule has 2 aliphatic rings. The van der Waals surface area contributed by atoms with Gasteiger partial charge in [0.1, 0.15) is 5.82 Å². The van der Waals surface area contributed by atoms with E-state index in [1.165, 1.54) is 12.5 Å². The number of aryl methyl sites for hydroxylation is 1. The molecule has 1 N–H and O–H groups in total. The summed E-state index contributed by atoms with van der Waals surface area (Å²) in [7, 11) is 0. The fourth-order valence-corrected chi connectivity index (χ4v) is 4.67. The molecule has 0 radical (unpaired) electrons. The van der Waals surface area contributed by atoms with E-state index >= 15 is 0 Å². The van der Waals surface area contributed by atoms with Crippen LogP contribution in [0.25, 0.3) is 0 Å². The minimum Gasteiger partial charge on any atom is -0.347 e. The van der Waals surface area contributed by atoms with Crippen LogP contribution >= 0.6 is 0 Å². The van der Waals surface area contributed by atoms with Gasteiger partial charge in [0.05, 0.1) is 12.6 Å². The van der Waals surface area contributed by atoms with Crippen LogP contribution in [-0.2, 0) is 27.2 Å². The predicted octanol–water partition coefficient (Wildman–Crippen LogP) is 2.50. The normalized spacial score (nSPS) is 18.1. The van der Waals surface area contributed by atoms with E-state index < -0.39 is 0 Å². The van der Waals surface area contributed by atoms with Gasteiger partial charge in [0.2, 0.25) is 17.7 Å². The van der Waals surface area contributed by atoms with E-state index in [-0.39, 0.29) is 30.3 Å². The maximum Gasteiger partial charge on any atom is 0.242 e. The van der Waals surface area contributed by atoms with E-state index in [1.54, 1.807) is 9.80 Å². The molecule has 0 saturated carbocycles. The molecular weight excluding hydrogens is 418 g/mol. The second kappa shape index (κ2) is 10.1. The van der Waals surface area contributed by atoms with Crippen LogP contribution < -0.4 is 10.2 Å². The Labute approximate surface area is 194 Å². The Balaban J connectivity index is 1.61. The number of hydrogen-bond donors (Lipinski definition) is 1. The molecule has 33 heavy (non-hydrogen) atoms. The van der Waals surface area contributed by atoms with Crippen LogP contribution in [0.5, 0.6) is 0 Å². The lowest BCUT2D eigenvalue weighted by Gasteiger charge is -2.36. The first-order valence-corrected chi connectivity index (χ1v) is 11.7. The lowest BCUT2D eigenvalue weighted by Crippen LogP contribution is -2.45. The number of carbonyl (C=O) groups is 3. The minimum atomic E-state index is -0.253. The quantitative estimate of drug-likeness (QED) is 0.731. The fourth-order valence-electron chi connectivity index (χ4n) is 4.67. The lowest BCUT2D eigenvalue weighted by atomic mass is 9.99. The van der Waals surface area contributed by atoms with Crippen molar-refractivity contribution in [3.63, 3.8) is 0 Å². The molecule has 2 aromatic rings. The van der Waals surface area contributed by atoms with Gasteiger partial charge in [-0.05, 0) is 44.6 Å². The van der Waals surface area contributed by atoms with Crippen LogP contribution in [0.2, 0.25) is 0 Å². The maximum absolute atomic E-state index is 12.9. The number of likely N-dealkylation sites (tertiary alicyclic amines) is 1. The van der Waals surface area contributed by atoms with Gasteiger partial charge in [0, 0.05) is 37.7 Å². The van der Waals surface area contributed by atoms with Crippen LogP contribution in [0.4, 0.5) is 5.82 Å². The summed E-state index contributed by atoms with van der Waals surface area (Å²) in [4.78, 5) is 50.2. The van der Waals surface area contributed by atoms with Gasteiger partial charge >= 0.3 is 0 Å². The van der Waals surface area contributed by atoms with E-state index in [1.807, 2.05) is 25.1 Å². The van der Waals surface area contributed by atoms with Crippen molar-refractivity contribution >= 4 is 23.5 Å². The van der Waals surface area contributed by atoms with Crippen LogP contribution in [0, 0.1) is 6.92 Å².